The molecule has 1 aliphatic heterocycles. The van der Waals surface area contributed by atoms with Crippen LogP contribution >= 0.6 is 0 Å². The Hall–Kier alpha value is -1.83. The van der Waals surface area contributed by atoms with E-state index in [1.54, 1.807) is 0 Å². The lowest BCUT2D eigenvalue weighted by Gasteiger charge is -2.44. The molecule has 0 N–H and O–H groups in total. The molecule has 2 nitrogen and oxygen atoms in total. The molecular formula is C18H22N2. The largest absolute Gasteiger partial charge is 0.326 e. The Morgan fingerprint density at radius 2 is 1.90 bits per heavy atom. The van der Waals surface area contributed by atoms with E-state index in [9.17, 15) is 0 Å². The van der Waals surface area contributed by atoms with Crippen molar-refractivity contribution < 1.29 is 0 Å². The lowest BCUT2D eigenvalue weighted by Crippen LogP contribution is -2.42. The zero-order chi connectivity index (χ0) is 14.3. The van der Waals surface area contributed by atoms with Gasteiger partial charge in [-0.1, -0.05) is 45.0 Å². The van der Waals surface area contributed by atoms with E-state index in [2.05, 4.69) is 74.0 Å². The van der Waals surface area contributed by atoms with Gasteiger partial charge in [0.2, 0.25) is 0 Å². The summed E-state index contributed by atoms with van der Waals surface area (Å²) in [5, 5.41) is 0. The maximum atomic E-state index is 4.67. The lowest BCUT2D eigenvalue weighted by molar-refractivity contribution is 0.334. The standard InChI is InChI=1S/C18H22N2/c1-13-8-5-6-10-16(13)20-12-14(2)18(3,4)15-9-7-11-19-17(15)20/h5-11,14H,12H2,1-4H3/t14-/m0/s1. The van der Waals surface area contributed by atoms with Crippen LogP contribution in [0.2, 0.25) is 0 Å². The highest BCUT2D eigenvalue weighted by atomic mass is 15.2. The Morgan fingerprint density at radius 1 is 1.15 bits per heavy atom. The van der Waals surface area contributed by atoms with Crippen molar-refractivity contribution in [2.24, 2.45) is 5.92 Å². The van der Waals surface area contributed by atoms with Gasteiger partial charge in [0.15, 0.2) is 0 Å². The molecule has 104 valence electrons. The van der Waals surface area contributed by atoms with Gasteiger partial charge in [-0.2, -0.15) is 0 Å². The van der Waals surface area contributed by atoms with E-state index < -0.39 is 0 Å². The number of aromatic nitrogens is 1. The van der Waals surface area contributed by atoms with E-state index in [1.165, 1.54) is 16.8 Å². The van der Waals surface area contributed by atoms with Crippen molar-refractivity contribution in [2.45, 2.75) is 33.1 Å². The number of fused-ring (bicyclic) bond motifs is 1. The quantitative estimate of drug-likeness (QED) is 0.757. The van der Waals surface area contributed by atoms with Crippen molar-refractivity contribution in [1.29, 1.82) is 0 Å². The Bertz CT molecular complexity index is 631. The molecule has 0 spiro atoms. The summed E-state index contributed by atoms with van der Waals surface area (Å²) in [4.78, 5) is 7.05. The predicted octanol–water partition coefficient (Wildman–Crippen LogP) is 4.46. The zero-order valence-electron chi connectivity index (χ0n) is 12.7. The van der Waals surface area contributed by atoms with Gasteiger partial charge in [0.1, 0.15) is 5.82 Å². The number of aryl methyl sites for hydroxylation is 1. The minimum absolute atomic E-state index is 0.169. The molecular weight excluding hydrogens is 244 g/mol. The number of nitrogens with zero attached hydrogens (tertiary/aromatic N) is 2. The number of pyridine rings is 1. The average Bonchev–Trinajstić information content (AvgIpc) is 2.44. The number of anilines is 2. The topological polar surface area (TPSA) is 16.1 Å². The summed E-state index contributed by atoms with van der Waals surface area (Å²) in [6.07, 6.45) is 1.90. The average molecular weight is 266 g/mol. The molecule has 1 aromatic carbocycles. The molecule has 0 fully saturated rings. The molecule has 0 saturated carbocycles. The lowest BCUT2D eigenvalue weighted by atomic mass is 9.71. The zero-order valence-corrected chi connectivity index (χ0v) is 12.7. The molecule has 0 unspecified atom stereocenters. The second-order valence-electron chi connectivity index (χ2n) is 6.39. The second kappa shape index (κ2) is 4.62. The number of benzene rings is 1. The molecule has 1 aliphatic rings. The molecule has 2 heteroatoms. The highest BCUT2D eigenvalue weighted by Gasteiger charge is 2.38. The van der Waals surface area contributed by atoms with Gasteiger partial charge in [-0.3, -0.25) is 0 Å². The fourth-order valence-electron chi connectivity index (χ4n) is 3.05. The van der Waals surface area contributed by atoms with Crippen LogP contribution in [0.5, 0.6) is 0 Å². The molecule has 0 bridgehead atoms. The first-order valence-corrected chi connectivity index (χ1v) is 7.30. The molecule has 0 amide bonds. The second-order valence-corrected chi connectivity index (χ2v) is 6.39. The summed E-state index contributed by atoms with van der Waals surface area (Å²) in [6.45, 7) is 10.2. The maximum absolute atomic E-state index is 4.67. The molecule has 1 aromatic heterocycles. The fourth-order valence-corrected chi connectivity index (χ4v) is 3.05. The minimum Gasteiger partial charge on any atom is -0.326 e. The first kappa shape index (κ1) is 13.2. The van der Waals surface area contributed by atoms with E-state index in [4.69, 9.17) is 0 Å². The highest BCUT2D eigenvalue weighted by molar-refractivity contribution is 5.68. The van der Waals surface area contributed by atoms with E-state index in [1.807, 2.05) is 6.20 Å². The first-order chi connectivity index (χ1) is 9.51. The molecule has 20 heavy (non-hydrogen) atoms. The van der Waals surface area contributed by atoms with Crippen LogP contribution in [0.3, 0.4) is 0 Å². The monoisotopic (exact) mass is 266 g/mol. The Labute approximate surface area is 121 Å². The Balaban J connectivity index is 2.18. The van der Waals surface area contributed by atoms with E-state index in [-0.39, 0.29) is 5.41 Å². The Morgan fingerprint density at radius 3 is 2.65 bits per heavy atom. The summed E-state index contributed by atoms with van der Waals surface area (Å²) >= 11 is 0. The maximum Gasteiger partial charge on any atom is 0.136 e. The van der Waals surface area contributed by atoms with Crippen LogP contribution in [0.25, 0.3) is 0 Å². The summed E-state index contributed by atoms with van der Waals surface area (Å²) in [7, 11) is 0. The molecule has 2 heterocycles. The van der Waals surface area contributed by atoms with Gasteiger partial charge in [0, 0.05) is 24.0 Å². The van der Waals surface area contributed by atoms with E-state index in [0.29, 0.717) is 5.92 Å². The predicted molar refractivity (Wildman–Crippen MR) is 84.6 cm³/mol. The van der Waals surface area contributed by atoms with Crippen LogP contribution in [0, 0.1) is 12.8 Å². The van der Waals surface area contributed by atoms with Gasteiger partial charge in [0.25, 0.3) is 0 Å². The molecule has 1 atom stereocenters. The van der Waals surface area contributed by atoms with Crippen LogP contribution in [0.4, 0.5) is 11.5 Å². The smallest absolute Gasteiger partial charge is 0.136 e. The van der Waals surface area contributed by atoms with Crippen LogP contribution < -0.4 is 4.90 Å². The third kappa shape index (κ3) is 1.91. The van der Waals surface area contributed by atoms with Gasteiger partial charge in [-0.25, -0.2) is 4.98 Å². The van der Waals surface area contributed by atoms with Gasteiger partial charge >= 0.3 is 0 Å². The number of rotatable bonds is 1. The van der Waals surface area contributed by atoms with Crippen molar-refractivity contribution >= 4 is 11.5 Å². The van der Waals surface area contributed by atoms with Gasteiger partial charge in [-0.15, -0.1) is 0 Å². The molecule has 0 radical (unpaired) electrons. The van der Waals surface area contributed by atoms with Crippen molar-refractivity contribution in [1.82, 2.24) is 4.98 Å². The SMILES string of the molecule is Cc1ccccc1N1C[C@H](C)C(C)(C)c2cccnc21. The Kier molecular flexibility index (Phi) is 3.04. The van der Waals surface area contributed by atoms with Crippen molar-refractivity contribution in [2.75, 3.05) is 11.4 Å². The number of para-hydroxylation sites is 1. The van der Waals surface area contributed by atoms with Gasteiger partial charge < -0.3 is 4.90 Å². The third-order valence-corrected chi connectivity index (χ3v) is 4.83. The normalized spacial score (nSPS) is 20.6. The van der Waals surface area contributed by atoms with Crippen LogP contribution in [0.15, 0.2) is 42.6 Å². The van der Waals surface area contributed by atoms with Gasteiger partial charge in [0.05, 0.1) is 0 Å². The highest BCUT2D eigenvalue weighted by Crippen LogP contribution is 2.44. The molecule has 0 aliphatic carbocycles. The molecule has 0 saturated heterocycles. The number of hydrogen-bond acceptors (Lipinski definition) is 2. The summed E-state index contributed by atoms with van der Waals surface area (Å²) in [6, 6.07) is 12.8. The van der Waals surface area contributed by atoms with Gasteiger partial charge in [-0.05, 0) is 36.0 Å². The molecule has 3 rings (SSSR count). The van der Waals surface area contributed by atoms with E-state index in [0.717, 1.165) is 12.4 Å². The first-order valence-electron chi connectivity index (χ1n) is 7.30. The van der Waals surface area contributed by atoms with Crippen molar-refractivity contribution in [3.8, 4) is 0 Å². The third-order valence-electron chi connectivity index (χ3n) is 4.83. The van der Waals surface area contributed by atoms with Crippen molar-refractivity contribution in [3.05, 3.63) is 53.7 Å². The van der Waals surface area contributed by atoms with Crippen LogP contribution in [-0.4, -0.2) is 11.5 Å². The minimum atomic E-state index is 0.169. The molecule has 2 aromatic rings. The summed E-state index contributed by atoms with van der Waals surface area (Å²) in [5.41, 5.74) is 4.09. The van der Waals surface area contributed by atoms with Crippen molar-refractivity contribution in [3.63, 3.8) is 0 Å². The fraction of sp³-hybridized carbons (Fsp3) is 0.389. The number of hydrogen-bond donors (Lipinski definition) is 0. The van der Waals surface area contributed by atoms with Crippen LogP contribution in [-0.2, 0) is 5.41 Å². The summed E-state index contributed by atoms with van der Waals surface area (Å²) in [5.74, 6) is 1.70. The van der Waals surface area contributed by atoms with E-state index >= 15 is 0 Å². The van der Waals surface area contributed by atoms with Crippen LogP contribution in [0.1, 0.15) is 31.9 Å². The summed E-state index contributed by atoms with van der Waals surface area (Å²) < 4.78 is 0.